The first-order valence-corrected chi connectivity index (χ1v) is 9.21. The molecule has 2 heterocycles. The van der Waals surface area contributed by atoms with Crippen molar-refractivity contribution >= 4 is 17.5 Å². The molecule has 4 rings (SSSR count). The van der Waals surface area contributed by atoms with E-state index in [1.165, 1.54) is 0 Å². The van der Waals surface area contributed by atoms with Crippen LogP contribution in [-0.2, 0) is 4.79 Å². The first-order chi connectivity index (χ1) is 13.1. The summed E-state index contributed by atoms with van der Waals surface area (Å²) in [5, 5.41) is 2.88. The quantitative estimate of drug-likeness (QED) is 0.907. The van der Waals surface area contributed by atoms with Gasteiger partial charge in [-0.3, -0.25) is 9.59 Å². The number of rotatable bonds is 3. The molecule has 0 aromatic heterocycles. The lowest BCUT2D eigenvalue weighted by molar-refractivity contribution is -0.125. The van der Waals surface area contributed by atoms with Gasteiger partial charge in [0.2, 0.25) is 6.10 Å². The van der Waals surface area contributed by atoms with Crippen molar-refractivity contribution in [3.05, 3.63) is 53.6 Å². The fourth-order valence-corrected chi connectivity index (χ4v) is 3.35. The summed E-state index contributed by atoms with van der Waals surface area (Å²) < 4.78 is 11.4. The number of hydrogen-bond acceptors (Lipinski definition) is 4. The van der Waals surface area contributed by atoms with Crippen molar-refractivity contribution in [2.45, 2.75) is 25.9 Å². The van der Waals surface area contributed by atoms with Crippen LogP contribution in [0.5, 0.6) is 11.5 Å². The van der Waals surface area contributed by atoms with Crippen LogP contribution in [0.25, 0.3) is 0 Å². The Morgan fingerprint density at radius 2 is 1.81 bits per heavy atom. The van der Waals surface area contributed by atoms with Gasteiger partial charge in [0.1, 0.15) is 6.61 Å². The fraction of sp³-hybridized carbons (Fsp3) is 0.333. The third kappa shape index (κ3) is 3.60. The first kappa shape index (κ1) is 17.4. The summed E-state index contributed by atoms with van der Waals surface area (Å²) in [5.74, 6) is 0.905. The van der Waals surface area contributed by atoms with E-state index >= 15 is 0 Å². The molecule has 6 heteroatoms. The van der Waals surface area contributed by atoms with Gasteiger partial charge in [-0.15, -0.1) is 0 Å². The molecule has 140 valence electrons. The molecular weight excluding hydrogens is 344 g/mol. The maximum Gasteiger partial charge on any atom is 0.269 e. The predicted octanol–water partition coefficient (Wildman–Crippen LogP) is 3.01. The van der Waals surface area contributed by atoms with Crippen LogP contribution in [0.2, 0.25) is 0 Å². The van der Waals surface area contributed by atoms with Crippen molar-refractivity contribution in [1.82, 2.24) is 4.90 Å². The minimum absolute atomic E-state index is 0.00850. The zero-order valence-corrected chi connectivity index (χ0v) is 15.2. The van der Waals surface area contributed by atoms with Crippen molar-refractivity contribution in [2.24, 2.45) is 0 Å². The number of carbonyl (C=O) groups excluding carboxylic acids is 2. The summed E-state index contributed by atoms with van der Waals surface area (Å²) in [4.78, 5) is 27.1. The van der Waals surface area contributed by atoms with Gasteiger partial charge in [-0.2, -0.15) is 0 Å². The van der Waals surface area contributed by atoms with Crippen LogP contribution in [-0.4, -0.2) is 42.5 Å². The van der Waals surface area contributed by atoms with E-state index in [0.29, 0.717) is 22.7 Å². The van der Waals surface area contributed by atoms with Crippen molar-refractivity contribution in [2.75, 3.05) is 25.0 Å². The molecule has 1 unspecified atom stereocenters. The van der Waals surface area contributed by atoms with Crippen LogP contribution < -0.4 is 14.8 Å². The number of carbonyl (C=O) groups is 2. The molecule has 0 radical (unpaired) electrons. The second-order valence-electron chi connectivity index (χ2n) is 6.88. The van der Waals surface area contributed by atoms with Gasteiger partial charge in [0.25, 0.3) is 11.8 Å². The molecule has 2 aromatic rings. The number of nitrogens with one attached hydrogen (secondary N) is 1. The van der Waals surface area contributed by atoms with Crippen LogP contribution in [0.15, 0.2) is 42.5 Å². The lowest BCUT2D eigenvalue weighted by Gasteiger charge is -2.26. The molecule has 1 saturated heterocycles. The number of anilines is 1. The van der Waals surface area contributed by atoms with Gasteiger partial charge in [-0.1, -0.05) is 18.2 Å². The van der Waals surface area contributed by atoms with Crippen LogP contribution >= 0.6 is 0 Å². The predicted molar refractivity (Wildman–Crippen MR) is 101 cm³/mol. The second kappa shape index (κ2) is 7.31. The topological polar surface area (TPSA) is 67.9 Å². The van der Waals surface area contributed by atoms with Crippen LogP contribution in [0, 0.1) is 6.92 Å². The third-order valence-electron chi connectivity index (χ3n) is 4.94. The Hall–Kier alpha value is -3.02. The monoisotopic (exact) mass is 366 g/mol. The van der Waals surface area contributed by atoms with Crippen LogP contribution in [0.4, 0.5) is 5.69 Å². The van der Waals surface area contributed by atoms with Crippen molar-refractivity contribution in [3.8, 4) is 11.5 Å². The highest BCUT2D eigenvalue weighted by atomic mass is 16.6. The molecule has 0 bridgehead atoms. The first-order valence-electron chi connectivity index (χ1n) is 9.21. The standard InChI is InChI=1S/C21H22N2O4/c1-14-8-9-15(21(25)23-10-4-5-11-23)12-16(14)22-20(24)19-13-26-17-6-2-3-7-18(17)27-19/h2-3,6-9,12,19H,4-5,10-11,13H2,1H3,(H,22,24). The lowest BCUT2D eigenvalue weighted by atomic mass is 10.1. The van der Waals surface area contributed by atoms with E-state index in [9.17, 15) is 9.59 Å². The number of fused-ring (bicyclic) bond motifs is 1. The highest BCUT2D eigenvalue weighted by molar-refractivity contribution is 5.99. The number of likely N-dealkylation sites (tertiary alicyclic amines) is 1. The maximum absolute atomic E-state index is 12.7. The van der Waals surface area contributed by atoms with Gasteiger partial charge in [0, 0.05) is 24.3 Å². The molecule has 2 aliphatic rings. The SMILES string of the molecule is Cc1ccc(C(=O)N2CCCC2)cc1NC(=O)C1COc2ccccc2O1. The Morgan fingerprint density at radius 3 is 2.59 bits per heavy atom. The number of hydrogen-bond donors (Lipinski definition) is 1. The highest BCUT2D eigenvalue weighted by Crippen LogP contribution is 2.31. The zero-order valence-electron chi connectivity index (χ0n) is 15.2. The van der Waals surface area contributed by atoms with E-state index in [2.05, 4.69) is 5.32 Å². The van der Waals surface area contributed by atoms with Gasteiger partial charge in [0.05, 0.1) is 0 Å². The van der Waals surface area contributed by atoms with E-state index in [4.69, 9.17) is 9.47 Å². The molecule has 27 heavy (non-hydrogen) atoms. The van der Waals surface area contributed by atoms with E-state index in [0.717, 1.165) is 31.5 Å². The second-order valence-corrected chi connectivity index (χ2v) is 6.88. The Morgan fingerprint density at radius 1 is 1.07 bits per heavy atom. The average molecular weight is 366 g/mol. The van der Waals surface area contributed by atoms with Gasteiger partial charge < -0.3 is 19.7 Å². The summed E-state index contributed by atoms with van der Waals surface area (Å²) in [7, 11) is 0. The molecule has 0 spiro atoms. The normalized spacial score (nSPS) is 18.3. The van der Waals surface area contributed by atoms with E-state index in [1.54, 1.807) is 18.2 Å². The number of aryl methyl sites for hydroxylation is 1. The van der Waals surface area contributed by atoms with E-state index in [1.807, 2.05) is 36.1 Å². The van der Waals surface area contributed by atoms with Gasteiger partial charge in [0.15, 0.2) is 11.5 Å². The molecule has 0 aliphatic carbocycles. The molecule has 2 aromatic carbocycles. The van der Waals surface area contributed by atoms with Gasteiger partial charge in [-0.25, -0.2) is 0 Å². The van der Waals surface area contributed by atoms with E-state index < -0.39 is 6.10 Å². The van der Waals surface area contributed by atoms with Crippen molar-refractivity contribution < 1.29 is 19.1 Å². The number of para-hydroxylation sites is 2. The highest BCUT2D eigenvalue weighted by Gasteiger charge is 2.28. The average Bonchev–Trinajstić information content (AvgIpc) is 3.23. The summed E-state index contributed by atoms with van der Waals surface area (Å²) in [6.45, 7) is 3.63. The Kier molecular flexibility index (Phi) is 4.71. The molecule has 6 nitrogen and oxygen atoms in total. The molecule has 0 saturated carbocycles. The fourth-order valence-electron chi connectivity index (χ4n) is 3.35. The van der Waals surface area contributed by atoms with Crippen molar-refractivity contribution in [3.63, 3.8) is 0 Å². The largest absolute Gasteiger partial charge is 0.485 e. The molecule has 2 amide bonds. The number of nitrogens with zero attached hydrogens (tertiary/aromatic N) is 1. The Labute approximate surface area is 158 Å². The van der Waals surface area contributed by atoms with Gasteiger partial charge >= 0.3 is 0 Å². The van der Waals surface area contributed by atoms with Crippen LogP contribution in [0.3, 0.4) is 0 Å². The summed E-state index contributed by atoms with van der Waals surface area (Å²) in [6.07, 6.45) is 1.35. The summed E-state index contributed by atoms with van der Waals surface area (Å²) >= 11 is 0. The minimum Gasteiger partial charge on any atom is -0.485 e. The number of ether oxygens (including phenoxy) is 2. The Bertz CT molecular complexity index is 874. The van der Waals surface area contributed by atoms with Gasteiger partial charge in [-0.05, 0) is 49.6 Å². The number of benzene rings is 2. The zero-order chi connectivity index (χ0) is 18.8. The van der Waals surface area contributed by atoms with E-state index in [-0.39, 0.29) is 18.4 Å². The molecule has 2 aliphatic heterocycles. The minimum atomic E-state index is -0.739. The van der Waals surface area contributed by atoms with Crippen LogP contribution in [0.1, 0.15) is 28.8 Å². The number of amides is 2. The molecule has 1 N–H and O–H groups in total. The summed E-state index contributed by atoms with van der Waals surface area (Å²) in [5.41, 5.74) is 2.09. The molecular formula is C21H22N2O4. The Balaban J connectivity index is 1.48. The summed E-state index contributed by atoms with van der Waals surface area (Å²) in [6, 6.07) is 12.7. The lowest BCUT2D eigenvalue weighted by Crippen LogP contribution is -2.40. The smallest absolute Gasteiger partial charge is 0.269 e. The maximum atomic E-state index is 12.7. The molecule has 1 atom stereocenters. The third-order valence-corrected chi connectivity index (χ3v) is 4.94. The van der Waals surface area contributed by atoms with Crippen molar-refractivity contribution in [1.29, 1.82) is 0 Å². The molecule has 1 fully saturated rings.